The molecule has 8 nitrogen and oxygen atoms in total. The van der Waals surface area contributed by atoms with Crippen molar-refractivity contribution < 1.29 is 24.0 Å². The minimum Gasteiger partial charge on any atom is -0.467 e. The Morgan fingerprint density at radius 1 is 1.43 bits per heavy atom. The first-order chi connectivity index (χ1) is 10.8. The van der Waals surface area contributed by atoms with Crippen LogP contribution in [0.25, 0.3) is 0 Å². The highest BCUT2D eigenvalue weighted by atomic mass is 31.1. The van der Waals surface area contributed by atoms with Gasteiger partial charge in [0.15, 0.2) is 0 Å². The summed E-state index contributed by atoms with van der Waals surface area (Å²) in [5.74, 6) is -1.44. The molecule has 23 heavy (non-hydrogen) atoms. The van der Waals surface area contributed by atoms with Crippen LogP contribution in [0.4, 0.5) is 0 Å². The molecule has 1 saturated heterocycles. The quantitative estimate of drug-likeness (QED) is 0.425. The minimum absolute atomic E-state index is 0.160. The van der Waals surface area contributed by atoms with Crippen LogP contribution in [-0.4, -0.2) is 65.8 Å². The highest BCUT2D eigenvalue weighted by Gasteiger charge is 2.37. The fourth-order valence-corrected chi connectivity index (χ4v) is 3.54. The Balaban J connectivity index is 2.67. The smallest absolute Gasteiger partial charge is 0.328 e. The van der Waals surface area contributed by atoms with Gasteiger partial charge in [-0.05, 0) is 19.8 Å². The zero-order valence-electron chi connectivity index (χ0n) is 13.8. The average molecular weight is 347 g/mol. The van der Waals surface area contributed by atoms with Crippen LogP contribution in [0.15, 0.2) is 0 Å². The number of nitrogens with zero attached hydrogens (tertiary/aromatic N) is 1. The maximum absolute atomic E-state index is 12.5. The molecular formula is C14H26N3O5P. The van der Waals surface area contributed by atoms with Crippen molar-refractivity contribution in [2.45, 2.75) is 38.8 Å². The van der Waals surface area contributed by atoms with Gasteiger partial charge in [0.2, 0.25) is 11.8 Å². The average Bonchev–Trinajstić information content (AvgIpc) is 3.02. The lowest BCUT2D eigenvalue weighted by atomic mass is 10.1. The molecule has 1 aliphatic rings. The molecule has 0 aromatic heterocycles. The van der Waals surface area contributed by atoms with Crippen LogP contribution in [-0.2, 0) is 19.1 Å². The van der Waals surface area contributed by atoms with Crippen molar-refractivity contribution in [3.8, 4) is 0 Å². The second-order valence-corrected chi connectivity index (χ2v) is 7.46. The van der Waals surface area contributed by atoms with Gasteiger partial charge in [0.25, 0.3) is 0 Å². The van der Waals surface area contributed by atoms with Crippen LogP contribution in [0.2, 0.25) is 0 Å². The van der Waals surface area contributed by atoms with E-state index in [1.165, 1.54) is 18.9 Å². The number of amides is 2. The summed E-state index contributed by atoms with van der Waals surface area (Å²) in [6, 6.07) is -1.34. The normalized spacial score (nSPS) is 21.4. The molecule has 0 aromatic carbocycles. The van der Waals surface area contributed by atoms with E-state index in [1.54, 1.807) is 6.92 Å². The first kappa shape index (κ1) is 19.8. The topological polar surface area (TPSA) is 122 Å². The molecule has 1 aliphatic heterocycles. The molecule has 4 N–H and O–H groups in total. The Labute approximate surface area is 137 Å². The number of rotatable bonds is 7. The SMILES string of the molecule is COC(=O)C(C)NC(=O)[C@@H]1CCCN1C(=O)C(C)CP(O)CN. The van der Waals surface area contributed by atoms with Crippen LogP contribution < -0.4 is 11.1 Å². The van der Waals surface area contributed by atoms with Crippen molar-refractivity contribution in [1.29, 1.82) is 0 Å². The Morgan fingerprint density at radius 2 is 2.09 bits per heavy atom. The molecule has 0 bridgehead atoms. The van der Waals surface area contributed by atoms with Gasteiger partial charge in [-0.15, -0.1) is 0 Å². The maximum atomic E-state index is 12.5. The number of nitrogens with two attached hydrogens (primary N) is 1. The zero-order valence-corrected chi connectivity index (χ0v) is 14.7. The predicted molar refractivity (Wildman–Crippen MR) is 86.6 cm³/mol. The van der Waals surface area contributed by atoms with E-state index in [1.807, 2.05) is 0 Å². The lowest BCUT2D eigenvalue weighted by Gasteiger charge is -2.28. The van der Waals surface area contributed by atoms with E-state index in [0.29, 0.717) is 19.1 Å². The third-order valence-electron chi connectivity index (χ3n) is 3.87. The van der Waals surface area contributed by atoms with Crippen LogP contribution >= 0.6 is 8.15 Å². The van der Waals surface area contributed by atoms with E-state index in [9.17, 15) is 19.3 Å². The summed E-state index contributed by atoms with van der Waals surface area (Å²) in [6.45, 7) is 3.77. The summed E-state index contributed by atoms with van der Waals surface area (Å²) in [5, 5.41) is 2.58. The lowest BCUT2D eigenvalue weighted by Crippen LogP contribution is -2.51. The number of hydrogen-bond donors (Lipinski definition) is 3. The first-order valence-corrected chi connectivity index (χ1v) is 9.30. The van der Waals surface area contributed by atoms with Gasteiger partial charge in [0, 0.05) is 33.1 Å². The minimum atomic E-state index is -1.35. The summed E-state index contributed by atoms with van der Waals surface area (Å²) < 4.78 is 4.57. The highest BCUT2D eigenvalue weighted by molar-refractivity contribution is 7.51. The van der Waals surface area contributed by atoms with E-state index in [-0.39, 0.29) is 24.0 Å². The molecule has 3 unspecified atom stereocenters. The molecule has 1 fully saturated rings. The van der Waals surface area contributed by atoms with Crippen molar-refractivity contribution in [2.24, 2.45) is 11.7 Å². The Morgan fingerprint density at radius 3 is 2.65 bits per heavy atom. The maximum Gasteiger partial charge on any atom is 0.328 e. The van der Waals surface area contributed by atoms with E-state index >= 15 is 0 Å². The number of likely N-dealkylation sites (tertiary alicyclic amines) is 1. The van der Waals surface area contributed by atoms with Gasteiger partial charge < -0.3 is 25.6 Å². The van der Waals surface area contributed by atoms with Crippen LogP contribution in [0.3, 0.4) is 0 Å². The molecule has 4 atom stereocenters. The van der Waals surface area contributed by atoms with Crippen molar-refractivity contribution >= 4 is 25.9 Å². The number of esters is 1. The number of hydrogen-bond acceptors (Lipinski definition) is 6. The molecule has 2 amide bonds. The molecule has 132 valence electrons. The molecular weight excluding hydrogens is 321 g/mol. The fraction of sp³-hybridized carbons (Fsp3) is 0.786. The molecule has 0 saturated carbocycles. The largest absolute Gasteiger partial charge is 0.467 e. The molecule has 0 aliphatic carbocycles. The van der Waals surface area contributed by atoms with Gasteiger partial charge in [-0.3, -0.25) is 9.59 Å². The molecule has 0 radical (unpaired) electrons. The van der Waals surface area contributed by atoms with Crippen molar-refractivity contribution in [2.75, 3.05) is 26.1 Å². The van der Waals surface area contributed by atoms with Crippen LogP contribution in [0.1, 0.15) is 26.7 Å². The van der Waals surface area contributed by atoms with Gasteiger partial charge in [-0.1, -0.05) is 6.92 Å². The summed E-state index contributed by atoms with van der Waals surface area (Å²) in [5.41, 5.74) is 5.39. The second kappa shape index (κ2) is 9.15. The second-order valence-electron chi connectivity index (χ2n) is 5.72. The van der Waals surface area contributed by atoms with Crippen LogP contribution in [0.5, 0.6) is 0 Å². The third kappa shape index (κ3) is 5.41. The van der Waals surface area contributed by atoms with Gasteiger partial charge in [0.05, 0.1) is 7.11 Å². The van der Waals surface area contributed by atoms with Crippen LogP contribution in [0, 0.1) is 5.92 Å². The predicted octanol–water partition coefficient (Wildman–Crippen LogP) is -0.403. The number of carbonyl (C=O) groups is 3. The first-order valence-electron chi connectivity index (χ1n) is 7.64. The fourth-order valence-electron chi connectivity index (χ4n) is 2.60. The molecule has 9 heteroatoms. The Kier molecular flexibility index (Phi) is 7.88. The number of nitrogens with one attached hydrogen (secondary N) is 1. The zero-order chi connectivity index (χ0) is 17.6. The summed E-state index contributed by atoms with van der Waals surface area (Å²) in [6.07, 6.45) is 1.78. The lowest BCUT2D eigenvalue weighted by molar-refractivity contribution is -0.146. The molecule has 0 aromatic rings. The Bertz CT molecular complexity index is 448. The van der Waals surface area contributed by atoms with Crippen molar-refractivity contribution in [1.82, 2.24) is 10.2 Å². The monoisotopic (exact) mass is 347 g/mol. The Hall–Kier alpha value is -1.24. The van der Waals surface area contributed by atoms with Crippen molar-refractivity contribution in [3.63, 3.8) is 0 Å². The van der Waals surface area contributed by atoms with E-state index in [2.05, 4.69) is 10.1 Å². The van der Waals surface area contributed by atoms with Gasteiger partial charge in [-0.2, -0.15) is 0 Å². The number of carbonyl (C=O) groups excluding carboxylic acids is 3. The third-order valence-corrected chi connectivity index (χ3v) is 5.26. The number of ether oxygens (including phenoxy) is 1. The van der Waals surface area contributed by atoms with Gasteiger partial charge >= 0.3 is 5.97 Å². The molecule has 1 heterocycles. The van der Waals surface area contributed by atoms with E-state index in [0.717, 1.165) is 6.42 Å². The van der Waals surface area contributed by atoms with Gasteiger partial charge in [0.1, 0.15) is 12.1 Å². The van der Waals surface area contributed by atoms with E-state index < -0.39 is 26.2 Å². The summed E-state index contributed by atoms with van der Waals surface area (Å²) in [7, 11) is -0.0979. The van der Waals surface area contributed by atoms with E-state index in [4.69, 9.17) is 5.73 Å². The summed E-state index contributed by atoms with van der Waals surface area (Å²) in [4.78, 5) is 47.4. The summed E-state index contributed by atoms with van der Waals surface area (Å²) >= 11 is 0. The highest BCUT2D eigenvalue weighted by Crippen LogP contribution is 2.31. The van der Waals surface area contributed by atoms with Crippen molar-refractivity contribution in [3.05, 3.63) is 0 Å². The van der Waals surface area contributed by atoms with Gasteiger partial charge in [-0.25, -0.2) is 4.79 Å². The standard InChI is InChI=1S/C14H26N3O5P/c1-9(7-23(21)8-15)13(19)17-6-4-5-11(17)12(18)16-10(2)14(20)22-3/h9-11,21H,4-8,15H2,1-3H3,(H,16,18)/t9?,10?,11-,23?/m0/s1. The molecule has 0 spiro atoms. The molecule has 1 rings (SSSR count). The number of methoxy groups -OCH3 is 1.